The lowest BCUT2D eigenvalue weighted by molar-refractivity contribution is -0.0692. The summed E-state index contributed by atoms with van der Waals surface area (Å²) in [5, 5.41) is 13.1. The Hall–Kier alpha value is -4.40. The highest BCUT2D eigenvalue weighted by atomic mass is 19.3. The van der Waals surface area contributed by atoms with Crippen molar-refractivity contribution in [3.05, 3.63) is 70.0 Å². The molecule has 0 amide bonds. The first kappa shape index (κ1) is 22.3. The SMILES string of the molecule is N#Cc1c(-c2ccccc2)nc(NN=Cc2ccc(OC(F)F)c(OC(F)F)c2)[nH]c1=O. The predicted molar refractivity (Wildman–Crippen MR) is 106 cm³/mol. The number of ether oxygens (including phenoxy) is 2. The molecule has 0 atom stereocenters. The molecule has 0 saturated heterocycles. The Balaban J connectivity index is 1.85. The third-order valence-electron chi connectivity index (χ3n) is 3.86. The van der Waals surface area contributed by atoms with Crippen LogP contribution in [0.1, 0.15) is 11.1 Å². The number of aromatic nitrogens is 2. The Morgan fingerprint density at radius 3 is 2.41 bits per heavy atom. The maximum absolute atomic E-state index is 12.5. The van der Waals surface area contributed by atoms with Crippen LogP contribution in [0.3, 0.4) is 0 Å². The summed E-state index contributed by atoms with van der Waals surface area (Å²) in [6.07, 6.45) is 1.14. The zero-order valence-electron chi connectivity index (χ0n) is 15.9. The van der Waals surface area contributed by atoms with Crippen molar-refractivity contribution in [1.82, 2.24) is 9.97 Å². The van der Waals surface area contributed by atoms with Crippen LogP contribution >= 0.6 is 0 Å². The molecular weight excluding hydrogens is 434 g/mol. The molecular formula is C20H13F4N5O3. The maximum atomic E-state index is 12.5. The van der Waals surface area contributed by atoms with E-state index in [2.05, 4.69) is 30.0 Å². The highest BCUT2D eigenvalue weighted by Gasteiger charge is 2.15. The van der Waals surface area contributed by atoms with E-state index in [1.165, 1.54) is 6.07 Å². The van der Waals surface area contributed by atoms with Crippen LogP contribution in [0.15, 0.2) is 58.4 Å². The van der Waals surface area contributed by atoms with E-state index in [1.807, 2.05) is 0 Å². The van der Waals surface area contributed by atoms with Gasteiger partial charge in [0, 0.05) is 5.56 Å². The van der Waals surface area contributed by atoms with Crippen LogP contribution in [-0.4, -0.2) is 29.4 Å². The third kappa shape index (κ3) is 5.60. The van der Waals surface area contributed by atoms with Crippen LogP contribution in [0.25, 0.3) is 11.3 Å². The molecule has 0 spiro atoms. The molecule has 164 valence electrons. The largest absolute Gasteiger partial charge is 0.431 e. The first-order chi connectivity index (χ1) is 15.4. The number of hydrogen-bond acceptors (Lipinski definition) is 7. The Morgan fingerprint density at radius 2 is 1.75 bits per heavy atom. The molecule has 0 radical (unpaired) electrons. The van der Waals surface area contributed by atoms with E-state index < -0.39 is 30.3 Å². The second-order valence-electron chi connectivity index (χ2n) is 5.95. The van der Waals surface area contributed by atoms with Gasteiger partial charge in [0.1, 0.15) is 11.6 Å². The molecule has 12 heteroatoms. The van der Waals surface area contributed by atoms with E-state index >= 15 is 0 Å². The van der Waals surface area contributed by atoms with Gasteiger partial charge in [0.05, 0.1) is 11.9 Å². The van der Waals surface area contributed by atoms with Crippen molar-refractivity contribution in [3.63, 3.8) is 0 Å². The molecule has 1 aromatic heterocycles. The topological polar surface area (TPSA) is 112 Å². The number of halogens is 4. The highest BCUT2D eigenvalue weighted by Crippen LogP contribution is 2.30. The molecule has 2 N–H and O–H groups in total. The molecule has 0 fully saturated rings. The molecule has 1 heterocycles. The number of aromatic amines is 1. The van der Waals surface area contributed by atoms with Crippen molar-refractivity contribution in [1.29, 1.82) is 5.26 Å². The van der Waals surface area contributed by atoms with Gasteiger partial charge in [-0.2, -0.15) is 27.9 Å². The maximum Gasteiger partial charge on any atom is 0.387 e. The lowest BCUT2D eigenvalue weighted by Crippen LogP contribution is -2.16. The predicted octanol–water partition coefficient (Wildman–Crippen LogP) is 3.96. The number of hydrogen-bond donors (Lipinski definition) is 2. The molecule has 0 aliphatic rings. The number of hydrazone groups is 1. The van der Waals surface area contributed by atoms with Gasteiger partial charge in [0.15, 0.2) is 11.5 Å². The summed E-state index contributed by atoms with van der Waals surface area (Å²) in [4.78, 5) is 18.7. The fraction of sp³-hybridized carbons (Fsp3) is 0.100. The van der Waals surface area contributed by atoms with E-state index in [9.17, 15) is 27.6 Å². The number of benzene rings is 2. The zero-order chi connectivity index (χ0) is 23.1. The molecule has 3 aromatic rings. The normalized spacial score (nSPS) is 11.0. The second-order valence-corrected chi connectivity index (χ2v) is 5.95. The standard InChI is InChI=1S/C20H13F4N5O3/c21-18(22)31-14-7-6-11(8-15(14)32-19(23)24)10-26-29-20-27-16(12-4-2-1-3-5-12)13(9-25)17(30)28-20/h1-8,10,18-19H,(H2,27,28,29,30). The van der Waals surface area contributed by atoms with Crippen molar-refractivity contribution in [3.8, 4) is 28.8 Å². The number of anilines is 1. The highest BCUT2D eigenvalue weighted by molar-refractivity contribution is 5.81. The van der Waals surface area contributed by atoms with Crippen LogP contribution in [-0.2, 0) is 0 Å². The summed E-state index contributed by atoms with van der Waals surface area (Å²) >= 11 is 0. The summed E-state index contributed by atoms with van der Waals surface area (Å²) in [5.74, 6) is -1.28. The van der Waals surface area contributed by atoms with Crippen LogP contribution in [0.2, 0.25) is 0 Å². The Kier molecular flexibility index (Phi) is 7.02. The van der Waals surface area contributed by atoms with Crippen molar-refractivity contribution in [2.75, 3.05) is 5.43 Å². The molecule has 32 heavy (non-hydrogen) atoms. The minimum atomic E-state index is -3.26. The van der Waals surface area contributed by atoms with Gasteiger partial charge in [0.2, 0.25) is 5.95 Å². The van der Waals surface area contributed by atoms with E-state index in [0.717, 1.165) is 18.3 Å². The van der Waals surface area contributed by atoms with Gasteiger partial charge < -0.3 is 9.47 Å². The van der Waals surface area contributed by atoms with Crippen molar-refractivity contribution in [2.45, 2.75) is 13.2 Å². The Labute approximate surface area is 177 Å². The van der Waals surface area contributed by atoms with Crippen LogP contribution in [0.5, 0.6) is 11.5 Å². The summed E-state index contributed by atoms with van der Waals surface area (Å²) in [6.45, 7) is -6.49. The molecule has 2 aromatic carbocycles. The number of nitriles is 1. The molecule has 0 aliphatic heterocycles. The van der Waals surface area contributed by atoms with Gasteiger partial charge >= 0.3 is 13.2 Å². The van der Waals surface area contributed by atoms with Gasteiger partial charge in [0.25, 0.3) is 5.56 Å². The average molecular weight is 447 g/mol. The second kappa shape index (κ2) is 10.1. The minimum Gasteiger partial charge on any atom is -0.431 e. The van der Waals surface area contributed by atoms with Crippen LogP contribution in [0.4, 0.5) is 23.5 Å². The van der Waals surface area contributed by atoms with Gasteiger partial charge in [-0.05, 0) is 23.8 Å². The quantitative estimate of drug-likeness (QED) is 0.307. The summed E-state index contributed by atoms with van der Waals surface area (Å²) in [6, 6.07) is 13.6. The number of rotatable bonds is 8. The molecule has 0 bridgehead atoms. The van der Waals surface area contributed by atoms with Crippen LogP contribution in [0, 0.1) is 11.3 Å². The number of alkyl halides is 4. The monoisotopic (exact) mass is 447 g/mol. The summed E-state index contributed by atoms with van der Waals surface area (Å²) < 4.78 is 58.2. The van der Waals surface area contributed by atoms with Gasteiger partial charge in [-0.15, -0.1) is 0 Å². The minimum absolute atomic E-state index is 0.0918. The number of H-pyrrole nitrogens is 1. The first-order valence-electron chi connectivity index (χ1n) is 8.80. The van der Waals surface area contributed by atoms with Gasteiger partial charge in [-0.25, -0.2) is 10.4 Å². The molecule has 8 nitrogen and oxygen atoms in total. The van der Waals surface area contributed by atoms with E-state index in [4.69, 9.17) is 0 Å². The van der Waals surface area contributed by atoms with E-state index in [1.54, 1.807) is 36.4 Å². The average Bonchev–Trinajstić information content (AvgIpc) is 2.75. The lowest BCUT2D eigenvalue weighted by Gasteiger charge is -2.12. The first-order valence-corrected chi connectivity index (χ1v) is 8.80. The van der Waals surface area contributed by atoms with Crippen LogP contribution < -0.4 is 20.5 Å². The molecule has 3 rings (SSSR count). The summed E-state index contributed by atoms with van der Waals surface area (Å²) in [7, 11) is 0. The fourth-order valence-electron chi connectivity index (χ4n) is 2.59. The Morgan fingerprint density at radius 1 is 1.06 bits per heavy atom. The van der Waals surface area contributed by atoms with Crippen molar-refractivity contribution < 1.29 is 27.0 Å². The third-order valence-corrected chi connectivity index (χ3v) is 3.86. The smallest absolute Gasteiger partial charge is 0.387 e. The zero-order valence-corrected chi connectivity index (χ0v) is 15.9. The fourth-order valence-corrected chi connectivity index (χ4v) is 2.59. The van der Waals surface area contributed by atoms with Gasteiger partial charge in [-0.1, -0.05) is 30.3 Å². The number of nitrogens with one attached hydrogen (secondary N) is 2. The molecule has 0 unspecified atom stereocenters. The molecule has 0 saturated carbocycles. The van der Waals surface area contributed by atoms with Gasteiger partial charge in [-0.3, -0.25) is 9.78 Å². The van der Waals surface area contributed by atoms with Crippen molar-refractivity contribution in [2.24, 2.45) is 5.10 Å². The number of nitrogens with zero attached hydrogens (tertiary/aromatic N) is 3. The van der Waals surface area contributed by atoms with E-state index in [-0.39, 0.29) is 22.8 Å². The Bertz CT molecular complexity index is 1210. The summed E-state index contributed by atoms with van der Waals surface area (Å²) in [5.41, 5.74) is 2.43. The lowest BCUT2D eigenvalue weighted by atomic mass is 10.1. The van der Waals surface area contributed by atoms with E-state index in [0.29, 0.717) is 5.56 Å². The molecule has 0 aliphatic carbocycles. The van der Waals surface area contributed by atoms with Crippen molar-refractivity contribution >= 4 is 12.2 Å².